The van der Waals surface area contributed by atoms with Gasteiger partial charge in [0, 0.05) is 29.3 Å². The fourth-order valence-electron chi connectivity index (χ4n) is 1.90. The molecular weight excluding hydrogens is 309 g/mol. The Morgan fingerprint density at radius 3 is 2.53 bits per heavy atom. The minimum absolute atomic E-state index is 0.248. The SMILES string of the molecule is CN(Cc1ccc(F)cc1)c1cc(Br)ccc1C=O. The van der Waals surface area contributed by atoms with E-state index in [1.165, 1.54) is 12.1 Å². The Bertz CT molecular complexity index is 583. The smallest absolute Gasteiger partial charge is 0.152 e. The maximum atomic E-state index is 12.9. The van der Waals surface area contributed by atoms with Gasteiger partial charge in [0.1, 0.15) is 5.82 Å². The molecule has 0 unspecified atom stereocenters. The molecule has 19 heavy (non-hydrogen) atoms. The fraction of sp³-hybridized carbons (Fsp3) is 0.133. The van der Waals surface area contributed by atoms with Crippen LogP contribution in [0.5, 0.6) is 0 Å². The molecule has 0 heterocycles. The molecule has 0 aromatic heterocycles. The van der Waals surface area contributed by atoms with Gasteiger partial charge in [0.2, 0.25) is 0 Å². The van der Waals surface area contributed by atoms with E-state index in [4.69, 9.17) is 0 Å². The number of carbonyl (C=O) groups excluding carboxylic acids is 1. The predicted octanol–water partition coefficient (Wildman–Crippen LogP) is 4.04. The van der Waals surface area contributed by atoms with Crippen LogP contribution < -0.4 is 4.90 Å². The Morgan fingerprint density at radius 1 is 1.21 bits per heavy atom. The number of benzene rings is 2. The lowest BCUT2D eigenvalue weighted by molar-refractivity contribution is 0.112. The van der Waals surface area contributed by atoms with Crippen molar-refractivity contribution in [2.24, 2.45) is 0 Å². The summed E-state index contributed by atoms with van der Waals surface area (Å²) in [6.45, 7) is 0.609. The van der Waals surface area contributed by atoms with E-state index in [9.17, 15) is 9.18 Å². The number of anilines is 1. The van der Waals surface area contributed by atoms with E-state index in [0.29, 0.717) is 12.1 Å². The molecule has 0 radical (unpaired) electrons. The highest BCUT2D eigenvalue weighted by molar-refractivity contribution is 9.10. The fourth-order valence-corrected chi connectivity index (χ4v) is 2.24. The molecule has 0 aliphatic heterocycles. The van der Waals surface area contributed by atoms with E-state index >= 15 is 0 Å². The highest BCUT2D eigenvalue weighted by Crippen LogP contribution is 2.24. The van der Waals surface area contributed by atoms with Crippen LogP contribution in [0.15, 0.2) is 46.9 Å². The van der Waals surface area contributed by atoms with Gasteiger partial charge in [-0.1, -0.05) is 28.1 Å². The Labute approximate surface area is 120 Å². The zero-order valence-corrected chi connectivity index (χ0v) is 12.0. The van der Waals surface area contributed by atoms with Crippen molar-refractivity contribution in [1.29, 1.82) is 0 Å². The number of carbonyl (C=O) groups is 1. The van der Waals surface area contributed by atoms with Gasteiger partial charge < -0.3 is 4.90 Å². The average molecular weight is 322 g/mol. The Balaban J connectivity index is 2.24. The van der Waals surface area contributed by atoms with E-state index < -0.39 is 0 Å². The third kappa shape index (κ3) is 3.41. The van der Waals surface area contributed by atoms with Gasteiger partial charge in [0.05, 0.1) is 0 Å². The Kier molecular flexibility index (Phi) is 4.32. The molecule has 2 aromatic carbocycles. The van der Waals surface area contributed by atoms with Crippen molar-refractivity contribution < 1.29 is 9.18 Å². The molecule has 2 nitrogen and oxygen atoms in total. The molecule has 0 fully saturated rings. The summed E-state index contributed by atoms with van der Waals surface area (Å²) >= 11 is 3.40. The molecule has 0 amide bonds. The predicted molar refractivity (Wildman–Crippen MR) is 78.0 cm³/mol. The van der Waals surface area contributed by atoms with E-state index in [2.05, 4.69) is 15.9 Å². The zero-order chi connectivity index (χ0) is 13.8. The van der Waals surface area contributed by atoms with Crippen LogP contribution in [0.3, 0.4) is 0 Å². The minimum Gasteiger partial charge on any atom is -0.370 e. The maximum absolute atomic E-state index is 12.9. The molecule has 0 spiro atoms. The van der Waals surface area contributed by atoms with Gasteiger partial charge in [-0.05, 0) is 35.9 Å². The largest absolute Gasteiger partial charge is 0.370 e. The van der Waals surface area contributed by atoms with Crippen LogP contribution in [-0.4, -0.2) is 13.3 Å². The van der Waals surface area contributed by atoms with Gasteiger partial charge in [0.25, 0.3) is 0 Å². The van der Waals surface area contributed by atoms with Gasteiger partial charge in [-0.2, -0.15) is 0 Å². The summed E-state index contributed by atoms with van der Waals surface area (Å²) in [5.41, 5.74) is 2.46. The standard InChI is InChI=1S/C15H13BrFNO/c1-18(9-11-2-6-14(17)7-3-11)15-8-13(16)5-4-12(15)10-19/h2-8,10H,9H2,1H3. The summed E-state index contributed by atoms with van der Waals surface area (Å²) in [6.07, 6.45) is 0.836. The van der Waals surface area contributed by atoms with Gasteiger partial charge in [-0.25, -0.2) is 4.39 Å². The first-order chi connectivity index (χ1) is 9.10. The molecule has 0 saturated heterocycles. The van der Waals surface area contributed by atoms with Crippen molar-refractivity contribution in [1.82, 2.24) is 0 Å². The van der Waals surface area contributed by atoms with Crippen molar-refractivity contribution in [2.75, 3.05) is 11.9 Å². The second-order valence-corrected chi connectivity index (χ2v) is 5.22. The van der Waals surface area contributed by atoms with E-state index in [-0.39, 0.29) is 5.82 Å². The normalized spacial score (nSPS) is 10.3. The molecule has 0 aliphatic carbocycles. The molecule has 4 heteroatoms. The van der Waals surface area contributed by atoms with Crippen LogP contribution in [0.4, 0.5) is 10.1 Å². The quantitative estimate of drug-likeness (QED) is 0.792. The first-order valence-corrected chi connectivity index (χ1v) is 6.60. The molecular formula is C15H13BrFNO. The molecule has 2 aromatic rings. The van der Waals surface area contributed by atoms with Crippen LogP contribution in [0.1, 0.15) is 15.9 Å². The highest BCUT2D eigenvalue weighted by Gasteiger charge is 2.08. The van der Waals surface area contributed by atoms with Gasteiger partial charge >= 0.3 is 0 Å². The van der Waals surface area contributed by atoms with E-state index in [1.807, 2.05) is 24.1 Å². The van der Waals surface area contributed by atoms with Gasteiger partial charge in [-0.3, -0.25) is 4.79 Å². The lowest BCUT2D eigenvalue weighted by atomic mass is 10.1. The molecule has 98 valence electrons. The summed E-state index contributed by atoms with van der Waals surface area (Å²) in [6, 6.07) is 11.9. The lowest BCUT2D eigenvalue weighted by Crippen LogP contribution is -2.18. The summed E-state index contributed by atoms with van der Waals surface area (Å²) in [5, 5.41) is 0. The molecule has 2 rings (SSSR count). The minimum atomic E-state index is -0.248. The number of halogens is 2. The van der Waals surface area contributed by atoms with Gasteiger partial charge in [0.15, 0.2) is 6.29 Å². The average Bonchev–Trinajstić information content (AvgIpc) is 2.41. The molecule has 0 atom stereocenters. The maximum Gasteiger partial charge on any atom is 0.152 e. The van der Waals surface area contributed by atoms with Crippen LogP contribution in [0, 0.1) is 5.82 Å². The second kappa shape index (κ2) is 5.97. The zero-order valence-electron chi connectivity index (χ0n) is 10.4. The van der Waals surface area contributed by atoms with Gasteiger partial charge in [-0.15, -0.1) is 0 Å². The van der Waals surface area contributed by atoms with Crippen LogP contribution in [0.25, 0.3) is 0 Å². The summed E-state index contributed by atoms with van der Waals surface area (Å²) in [5.74, 6) is -0.248. The van der Waals surface area contributed by atoms with Crippen LogP contribution >= 0.6 is 15.9 Å². The third-order valence-electron chi connectivity index (χ3n) is 2.86. The van der Waals surface area contributed by atoms with Crippen LogP contribution in [0.2, 0.25) is 0 Å². The first-order valence-electron chi connectivity index (χ1n) is 5.80. The first kappa shape index (κ1) is 13.7. The Hall–Kier alpha value is -1.68. The monoisotopic (exact) mass is 321 g/mol. The Morgan fingerprint density at radius 2 is 1.89 bits per heavy atom. The van der Waals surface area contributed by atoms with Crippen molar-refractivity contribution in [3.63, 3.8) is 0 Å². The van der Waals surface area contributed by atoms with Crippen molar-refractivity contribution >= 4 is 27.9 Å². The highest BCUT2D eigenvalue weighted by atomic mass is 79.9. The van der Waals surface area contributed by atoms with E-state index in [1.54, 1.807) is 18.2 Å². The number of hydrogen-bond donors (Lipinski definition) is 0. The van der Waals surface area contributed by atoms with Crippen molar-refractivity contribution in [3.05, 3.63) is 63.9 Å². The number of rotatable bonds is 4. The summed E-state index contributed by atoms with van der Waals surface area (Å²) in [7, 11) is 1.90. The molecule has 0 N–H and O–H groups in total. The van der Waals surface area contributed by atoms with Crippen molar-refractivity contribution in [2.45, 2.75) is 6.54 Å². The summed E-state index contributed by atoms with van der Waals surface area (Å²) < 4.78 is 13.8. The summed E-state index contributed by atoms with van der Waals surface area (Å²) in [4.78, 5) is 13.0. The molecule has 0 saturated carbocycles. The van der Waals surface area contributed by atoms with Crippen LogP contribution in [-0.2, 0) is 6.54 Å². The second-order valence-electron chi connectivity index (χ2n) is 4.30. The number of aldehydes is 1. The number of hydrogen-bond acceptors (Lipinski definition) is 2. The molecule has 0 aliphatic rings. The molecule has 0 bridgehead atoms. The van der Waals surface area contributed by atoms with Crippen molar-refractivity contribution in [3.8, 4) is 0 Å². The number of nitrogens with zero attached hydrogens (tertiary/aromatic N) is 1. The topological polar surface area (TPSA) is 20.3 Å². The lowest BCUT2D eigenvalue weighted by Gasteiger charge is -2.21. The van der Waals surface area contributed by atoms with E-state index in [0.717, 1.165) is 22.0 Å². The third-order valence-corrected chi connectivity index (χ3v) is 3.36.